The summed E-state index contributed by atoms with van der Waals surface area (Å²) in [7, 11) is 0. The van der Waals surface area contributed by atoms with Gasteiger partial charge in [0.1, 0.15) is 11.1 Å². The topological polar surface area (TPSA) is 51.8 Å². The maximum absolute atomic E-state index is 9.23. The monoisotopic (exact) mass is 868 g/mol. The fourth-order valence-electron chi connectivity index (χ4n) is 10.9. The molecule has 0 radical (unpaired) electrons. The number of fused-ring (bicyclic) bond motifs is 19. The molecule has 0 unspecified atom stereocenters. The largest absolute Gasteiger partial charge is 0.436 e. The van der Waals surface area contributed by atoms with Gasteiger partial charge >= 0.3 is 0 Å². The summed E-state index contributed by atoms with van der Waals surface area (Å²) in [6, 6.07) is 69.8. The Hall–Kier alpha value is -8.99. The van der Waals surface area contributed by atoms with Crippen molar-refractivity contribution in [2.45, 2.75) is 6.85 Å². The van der Waals surface area contributed by atoms with Crippen molar-refractivity contribution in [3.05, 3.63) is 224 Å². The average Bonchev–Trinajstić information content (AvgIpc) is 3.81. The lowest BCUT2D eigenvalue weighted by atomic mass is 9.79. The third-order valence-electron chi connectivity index (χ3n) is 14.0. The van der Waals surface area contributed by atoms with Gasteiger partial charge in [-0.2, -0.15) is 0 Å². The van der Waals surface area contributed by atoms with Crippen molar-refractivity contribution in [3.63, 3.8) is 0 Å². The molecule has 0 aliphatic heterocycles. The minimum Gasteiger partial charge on any atom is -0.436 e. The van der Waals surface area contributed by atoms with Crippen molar-refractivity contribution in [3.8, 4) is 123 Å². The van der Waals surface area contributed by atoms with Crippen LogP contribution in [0, 0.1) is 6.85 Å². The van der Waals surface area contributed by atoms with Crippen LogP contribution in [-0.4, -0.2) is 15.0 Å². The summed E-state index contributed by atoms with van der Waals surface area (Å²) in [4.78, 5) is 14.0. The van der Waals surface area contributed by atoms with Crippen LogP contribution in [0.15, 0.2) is 223 Å². The number of hydrogen-bond acceptors (Lipinski definition) is 4. The van der Waals surface area contributed by atoms with Gasteiger partial charge in [0, 0.05) is 44.8 Å². The molecule has 0 amide bonds. The van der Waals surface area contributed by atoms with E-state index in [0.717, 1.165) is 128 Å². The first kappa shape index (κ1) is 35.3. The molecule has 3 aromatic heterocycles. The van der Waals surface area contributed by atoms with Crippen molar-refractivity contribution >= 4 is 22.2 Å². The molecule has 9 aromatic carbocycles. The van der Waals surface area contributed by atoms with Gasteiger partial charge in [-0.15, -0.1) is 0 Å². The number of nitrogens with zero attached hydrogens (tertiary/aromatic N) is 3. The number of aromatic nitrogens is 3. The Labute approximate surface area is 397 Å². The zero-order valence-electron chi connectivity index (χ0n) is 39.5. The standard InChI is InChI=1S/C64H39N3O/c1-38-42(21-10-22-43(38)40-27-31-54-56-25-12-32-65-61(56)55-20-9-8-16-48(55)47-15-4-7-19-51(47)60(54)36-40)39-26-29-52-53-30-28-41(44-23-11-24-57-62-64(68-63(44)57)67-34-33-66-62)37-59(53)50-18-6-3-14-46(50)45-13-2-5-17-49(45)58(52)35-39/h2-37H,1H3/i1D3. The van der Waals surface area contributed by atoms with Crippen LogP contribution < -0.4 is 0 Å². The van der Waals surface area contributed by atoms with E-state index in [9.17, 15) is 4.11 Å². The third-order valence-corrected chi connectivity index (χ3v) is 14.0. The minimum absolute atomic E-state index is 0.311. The van der Waals surface area contributed by atoms with Gasteiger partial charge in [0.2, 0.25) is 5.71 Å². The highest BCUT2D eigenvalue weighted by atomic mass is 16.3. The van der Waals surface area contributed by atoms with E-state index in [2.05, 4.69) is 174 Å². The van der Waals surface area contributed by atoms with E-state index < -0.39 is 6.85 Å². The van der Waals surface area contributed by atoms with Crippen LogP contribution in [0.5, 0.6) is 0 Å². The first-order valence-electron chi connectivity index (χ1n) is 24.4. The van der Waals surface area contributed by atoms with E-state index in [1.54, 1.807) is 12.4 Å². The lowest BCUT2D eigenvalue weighted by Gasteiger charge is -2.24. The smallest absolute Gasteiger partial charge is 0.246 e. The molecule has 4 heteroatoms. The fraction of sp³-hybridized carbons (Fsp3) is 0.0156. The number of benzene rings is 9. The Morgan fingerprint density at radius 3 is 1.29 bits per heavy atom. The predicted octanol–water partition coefficient (Wildman–Crippen LogP) is 17.0. The van der Waals surface area contributed by atoms with E-state index in [0.29, 0.717) is 22.4 Å². The van der Waals surface area contributed by atoms with Gasteiger partial charge in [0.05, 0.1) is 5.69 Å². The zero-order valence-corrected chi connectivity index (χ0v) is 36.5. The molecule has 3 heterocycles. The number of pyridine rings is 1. The summed E-state index contributed by atoms with van der Waals surface area (Å²) in [5, 5.41) is 0.919. The van der Waals surface area contributed by atoms with Gasteiger partial charge in [-0.05, 0) is 143 Å². The van der Waals surface area contributed by atoms with Crippen molar-refractivity contribution in [2.24, 2.45) is 0 Å². The normalized spacial score (nSPS) is 12.7. The van der Waals surface area contributed by atoms with Gasteiger partial charge in [0.25, 0.3) is 0 Å². The minimum atomic E-state index is -2.46. The molecule has 2 aliphatic rings. The summed E-state index contributed by atoms with van der Waals surface area (Å²) >= 11 is 0. The van der Waals surface area contributed by atoms with Gasteiger partial charge in [0.15, 0.2) is 0 Å². The Bertz CT molecular complexity index is 4180. The quantitative estimate of drug-likeness (QED) is 0.177. The van der Waals surface area contributed by atoms with Gasteiger partial charge < -0.3 is 4.42 Å². The van der Waals surface area contributed by atoms with Crippen LogP contribution in [0.2, 0.25) is 0 Å². The van der Waals surface area contributed by atoms with Crippen LogP contribution in [0.3, 0.4) is 0 Å². The highest BCUT2D eigenvalue weighted by molar-refractivity contribution is 6.09. The Balaban J connectivity index is 0.960. The van der Waals surface area contributed by atoms with Crippen molar-refractivity contribution in [1.29, 1.82) is 0 Å². The molecule has 4 nitrogen and oxygen atoms in total. The van der Waals surface area contributed by atoms with Crippen LogP contribution in [-0.2, 0) is 0 Å². The summed E-state index contributed by atoms with van der Waals surface area (Å²) in [6.45, 7) is -2.46. The Kier molecular flexibility index (Phi) is 7.80. The number of furan rings is 1. The zero-order chi connectivity index (χ0) is 47.4. The van der Waals surface area contributed by atoms with E-state index in [1.165, 1.54) is 0 Å². The van der Waals surface area contributed by atoms with Crippen LogP contribution in [0.25, 0.3) is 145 Å². The summed E-state index contributed by atoms with van der Waals surface area (Å²) < 4.78 is 34.1. The molecular weight excluding hydrogens is 827 g/mol. The summed E-state index contributed by atoms with van der Waals surface area (Å²) in [5.74, 6) is 0. The first-order valence-corrected chi connectivity index (χ1v) is 22.9. The maximum Gasteiger partial charge on any atom is 0.246 e. The molecule has 0 saturated carbocycles. The van der Waals surface area contributed by atoms with Crippen LogP contribution in [0.4, 0.5) is 0 Å². The molecule has 2 aliphatic carbocycles. The van der Waals surface area contributed by atoms with Crippen molar-refractivity contribution in [1.82, 2.24) is 15.0 Å². The molecule has 316 valence electrons. The second-order valence-corrected chi connectivity index (χ2v) is 17.6. The van der Waals surface area contributed by atoms with E-state index in [4.69, 9.17) is 9.40 Å². The van der Waals surface area contributed by atoms with Crippen molar-refractivity contribution < 1.29 is 8.53 Å². The Morgan fingerprint density at radius 2 is 0.735 bits per heavy atom. The molecular formula is C64H39N3O. The van der Waals surface area contributed by atoms with E-state index >= 15 is 0 Å². The van der Waals surface area contributed by atoms with Gasteiger partial charge in [-0.3, -0.25) is 4.98 Å². The second-order valence-electron chi connectivity index (χ2n) is 17.6. The first-order chi connectivity index (χ1) is 34.9. The van der Waals surface area contributed by atoms with Gasteiger partial charge in [-0.1, -0.05) is 170 Å². The molecule has 0 spiro atoms. The molecule has 0 atom stereocenters. The highest BCUT2D eigenvalue weighted by Crippen LogP contribution is 2.51. The Morgan fingerprint density at radius 1 is 0.324 bits per heavy atom. The van der Waals surface area contributed by atoms with Gasteiger partial charge in [-0.25, -0.2) is 9.97 Å². The number of hydrogen-bond donors (Lipinski definition) is 0. The molecule has 0 N–H and O–H groups in total. The molecule has 0 saturated heterocycles. The lowest BCUT2D eigenvalue weighted by Crippen LogP contribution is -1.99. The summed E-state index contributed by atoms with van der Waals surface area (Å²) in [5.41, 5.74) is 24.2. The fourth-order valence-corrected chi connectivity index (χ4v) is 10.9. The molecule has 68 heavy (non-hydrogen) atoms. The average molecular weight is 869 g/mol. The number of rotatable bonds is 3. The van der Waals surface area contributed by atoms with Crippen LogP contribution >= 0.6 is 0 Å². The highest BCUT2D eigenvalue weighted by Gasteiger charge is 2.26. The lowest BCUT2D eigenvalue weighted by molar-refractivity contribution is 0.654. The molecule has 14 rings (SSSR count). The van der Waals surface area contributed by atoms with E-state index in [-0.39, 0.29) is 0 Å². The SMILES string of the molecule is [2H]C([2H])([2H])c1c(-c2ccc3c(c2)-c2ccccc2-c2ccccc2-c2cc(-c4cccc5c4oc4nccnc45)ccc2-3)cccc1-c1ccc2c(c1)-c1ccccc1-c1ccccc1-c1ncccc1-2. The summed E-state index contributed by atoms with van der Waals surface area (Å²) in [6.07, 6.45) is 5.20. The number of para-hydroxylation sites is 1. The predicted molar refractivity (Wildman–Crippen MR) is 279 cm³/mol. The maximum atomic E-state index is 9.23. The van der Waals surface area contributed by atoms with Crippen molar-refractivity contribution in [2.75, 3.05) is 0 Å². The second kappa shape index (κ2) is 15.0. The van der Waals surface area contributed by atoms with Crippen LogP contribution in [0.1, 0.15) is 9.68 Å². The molecule has 12 aromatic rings. The molecule has 0 bridgehead atoms. The third kappa shape index (κ3) is 5.77. The molecule has 0 fully saturated rings. The van der Waals surface area contributed by atoms with E-state index in [1.807, 2.05) is 42.6 Å².